The monoisotopic (exact) mass is 292 g/mol. The molecule has 0 saturated carbocycles. The van der Waals surface area contributed by atoms with Gasteiger partial charge in [0.15, 0.2) is 0 Å². The minimum atomic E-state index is -0.288. The lowest BCUT2D eigenvalue weighted by molar-refractivity contribution is -0.123. The molecule has 0 spiro atoms. The topological polar surface area (TPSA) is 71.3 Å². The largest absolute Gasteiger partial charge is 0.467 e. The first-order valence-corrected chi connectivity index (χ1v) is 7.12. The fourth-order valence-corrected chi connectivity index (χ4v) is 2.59. The molecule has 0 radical (unpaired) electrons. The van der Waals surface area contributed by atoms with E-state index in [1.165, 1.54) is 18.3 Å². The van der Waals surface area contributed by atoms with Gasteiger partial charge in [0.1, 0.15) is 5.76 Å². The van der Waals surface area contributed by atoms with E-state index in [1.807, 2.05) is 17.5 Å². The summed E-state index contributed by atoms with van der Waals surface area (Å²) < 4.78 is 5.14. The number of rotatable bonds is 6. The molecule has 20 heavy (non-hydrogen) atoms. The van der Waals surface area contributed by atoms with Crippen LogP contribution in [-0.2, 0) is 16.1 Å². The second-order valence-corrected chi connectivity index (χ2v) is 5.31. The molecule has 1 atom stereocenters. The van der Waals surface area contributed by atoms with Crippen molar-refractivity contribution in [2.45, 2.75) is 25.9 Å². The molecule has 0 aliphatic carbocycles. The molecule has 0 aliphatic rings. The van der Waals surface area contributed by atoms with Crippen molar-refractivity contribution in [2.24, 2.45) is 0 Å². The van der Waals surface area contributed by atoms with E-state index in [2.05, 4.69) is 10.6 Å². The molecule has 0 fully saturated rings. The summed E-state index contributed by atoms with van der Waals surface area (Å²) in [5.74, 6) is 0.418. The van der Waals surface area contributed by atoms with Crippen LogP contribution in [0.15, 0.2) is 40.3 Å². The Kier molecular flexibility index (Phi) is 4.95. The summed E-state index contributed by atoms with van der Waals surface area (Å²) in [5, 5.41) is 7.49. The van der Waals surface area contributed by atoms with Gasteiger partial charge < -0.3 is 15.1 Å². The van der Waals surface area contributed by atoms with Crippen molar-refractivity contribution < 1.29 is 14.0 Å². The fraction of sp³-hybridized carbons (Fsp3) is 0.286. The maximum atomic E-state index is 11.9. The van der Waals surface area contributed by atoms with Crippen molar-refractivity contribution in [1.29, 1.82) is 0 Å². The zero-order valence-corrected chi connectivity index (χ0v) is 11.9. The molecule has 0 unspecified atom stereocenters. The van der Waals surface area contributed by atoms with Gasteiger partial charge in [0.25, 0.3) is 0 Å². The van der Waals surface area contributed by atoms with E-state index in [0.29, 0.717) is 12.3 Å². The smallest absolute Gasteiger partial charge is 0.222 e. The van der Waals surface area contributed by atoms with Gasteiger partial charge >= 0.3 is 0 Å². The fourth-order valence-electron chi connectivity index (χ4n) is 1.81. The normalized spacial score (nSPS) is 11.8. The molecule has 0 aromatic carbocycles. The van der Waals surface area contributed by atoms with Crippen molar-refractivity contribution in [3.63, 3.8) is 0 Å². The van der Waals surface area contributed by atoms with Gasteiger partial charge in [0, 0.05) is 11.8 Å². The highest BCUT2D eigenvalue weighted by molar-refractivity contribution is 7.10. The predicted octanol–water partition coefficient (Wildman–Crippen LogP) is 2.22. The number of carbonyl (C=O) groups excluding carboxylic acids is 2. The first kappa shape index (κ1) is 14.3. The summed E-state index contributed by atoms with van der Waals surface area (Å²) in [6, 6.07) is 7.09. The van der Waals surface area contributed by atoms with E-state index in [0.717, 1.165) is 4.88 Å². The summed E-state index contributed by atoms with van der Waals surface area (Å²) in [5.41, 5.74) is 0. The first-order chi connectivity index (χ1) is 9.65. The highest BCUT2D eigenvalue weighted by atomic mass is 32.1. The molecule has 0 bridgehead atoms. The lowest BCUT2D eigenvalue weighted by atomic mass is 10.1. The third-order valence-electron chi connectivity index (χ3n) is 2.69. The quantitative estimate of drug-likeness (QED) is 0.857. The summed E-state index contributed by atoms with van der Waals surface area (Å²) in [6.07, 6.45) is 1.77. The van der Waals surface area contributed by atoms with Crippen LogP contribution in [0.25, 0.3) is 0 Å². The summed E-state index contributed by atoms with van der Waals surface area (Å²) in [6.45, 7) is 1.80. The van der Waals surface area contributed by atoms with Crippen LogP contribution in [-0.4, -0.2) is 11.8 Å². The molecule has 0 aliphatic heterocycles. The maximum Gasteiger partial charge on any atom is 0.222 e. The molecular formula is C14H16N2O3S. The van der Waals surface area contributed by atoms with Crippen LogP contribution in [0.2, 0.25) is 0 Å². The Labute approximate surface area is 121 Å². The van der Waals surface area contributed by atoms with Crippen LogP contribution in [0.5, 0.6) is 0 Å². The van der Waals surface area contributed by atoms with E-state index in [-0.39, 0.29) is 24.3 Å². The lowest BCUT2D eigenvalue weighted by Gasteiger charge is -2.16. The van der Waals surface area contributed by atoms with Gasteiger partial charge in [0.05, 0.1) is 25.3 Å². The Morgan fingerprint density at radius 1 is 1.35 bits per heavy atom. The Balaban J connectivity index is 1.90. The second kappa shape index (κ2) is 6.91. The molecule has 2 amide bonds. The minimum absolute atomic E-state index is 0.131. The molecule has 2 N–H and O–H groups in total. The van der Waals surface area contributed by atoms with Crippen molar-refractivity contribution in [1.82, 2.24) is 10.6 Å². The molecule has 2 aromatic rings. The van der Waals surface area contributed by atoms with Gasteiger partial charge in [-0.15, -0.1) is 11.3 Å². The number of hydrogen-bond donors (Lipinski definition) is 2. The first-order valence-electron chi connectivity index (χ1n) is 6.24. The third-order valence-corrected chi connectivity index (χ3v) is 3.68. The standard InChI is InChI=1S/C14H16N2O3S/c1-10(17)16-12(13-5-3-7-20-13)8-14(18)15-9-11-4-2-6-19-11/h2-7,12H,8-9H2,1H3,(H,15,18)(H,16,17)/t12-/m1/s1. The zero-order valence-electron chi connectivity index (χ0n) is 11.1. The molecule has 2 aromatic heterocycles. The SMILES string of the molecule is CC(=O)N[C@H](CC(=O)NCc1ccco1)c1cccs1. The summed E-state index contributed by atoms with van der Waals surface area (Å²) in [7, 11) is 0. The van der Waals surface area contributed by atoms with Crippen molar-refractivity contribution in [3.8, 4) is 0 Å². The Morgan fingerprint density at radius 3 is 2.80 bits per heavy atom. The molecule has 2 heterocycles. The van der Waals surface area contributed by atoms with Gasteiger partial charge in [-0.05, 0) is 23.6 Å². The van der Waals surface area contributed by atoms with E-state index >= 15 is 0 Å². The van der Waals surface area contributed by atoms with Crippen LogP contribution in [0.4, 0.5) is 0 Å². The highest BCUT2D eigenvalue weighted by Crippen LogP contribution is 2.21. The zero-order chi connectivity index (χ0) is 14.4. The number of amides is 2. The molecule has 0 saturated heterocycles. The van der Waals surface area contributed by atoms with Gasteiger partial charge in [-0.25, -0.2) is 0 Å². The number of nitrogens with one attached hydrogen (secondary N) is 2. The van der Waals surface area contributed by atoms with Gasteiger partial charge in [-0.3, -0.25) is 9.59 Å². The van der Waals surface area contributed by atoms with Gasteiger partial charge in [-0.2, -0.15) is 0 Å². The lowest BCUT2D eigenvalue weighted by Crippen LogP contribution is -2.31. The van der Waals surface area contributed by atoms with E-state index in [4.69, 9.17) is 4.42 Å². The molecule has 2 rings (SSSR count). The van der Waals surface area contributed by atoms with Crippen molar-refractivity contribution in [3.05, 3.63) is 46.5 Å². The molecule has 5 nitrogen and oxygen atoms in total. The molecule has 106 valence electrons. The predicted molar refractivity (Wildman–Crippen MR) is 76.0 cm³/mol. The average molecular weight is 292 g/mol. The molecular weight excluding hydrogens is 276 g/mol. The number of furan rings is 1. The Morgan fingerprint density at radius 2 is 2.20 bits per heavy atom. The van der Waals surface area contributed by atoms with Crippen molar-refractivity contribution in [2.75, 3.05) is 0 Å². The van der Waals surface area contributed by atoms with Crippen LogP contribution in [0, 0.1) is 0 Å². The number of carbonyl (C=O) groups is 2. The van der Waals surface area contributed by atoms with E-state index in [9.17, 15) is 9.59 Å². The number of hydrogen-bond acceptors (Lipinski definition) is 4. The molecule has 6 heteroatoms. The van der Waals surface area contributed by atoms with E-state index < -0.39 is 0 Å². The second-order valence-electron chi connectivity index (χ2n) is 4.33. The van der Waals surface area contributed by atoms with Gasteiger partial charge in [0.2, 0.25) is 11.8 Å². The van der Waals surface area contributed by atoms with Crippen LogP contribution < -0.4 is 10.6 Å². The Hall–Kier alpha value is -2.08. The van der Waals surface area contributed by atoms with Crippen LogP contribution in [0.3, 0.4) is 0 Å². The van der Waals surface area contributed by atoms with Gasteiger partial charge in [-0.1, -0.05) is 6.07 Å². The third kappa shape index (κ3) is 4.24. The maximum absolute atomic E-state index is 11.9. The van der Waals surface area contributed by atoms with E-state index in [1.54, 1.807) is 18.4 Å². The average Bonchev–Trinajstić information content (AvgIpc) is 3.08. The summed E-state index contributed by atoms with van der Waals surface area (Å²) in [4.78, 5) is 24.1. The minimum Gasteiger partial charge on any atom is -0.467 e. The van der Waals surface area contributed by atoms with Crippen LogP contribution >= 0.6 is 11.3 Å². The van der Waals surface area contributed by atoms with Crippen LogP contribution in [0.1, 0.15) is 30.0 Å². The Bertz CT molecular complexity index is 549. The number of thiophene rings is 1. The van der Waals surface area contributed by atoms with Crippen molar-refractivity contribution >= 4 is 23.2 Å². The highest BCUT2D eigenvalue weighted by Gasteiger charge is 2.17. The summed E-state index contributed by atoms with van der Waals surface area (Å²) >= 11 is 1.52.